The minimum Gasteiger partial charge on any atom is -0.382 e. The Kier molecular flexibility index (Phi) is 10.8. The van der Waals surface area contributed by atoms with Gasteiger partial charge in [0.25, 0.3) is 0 Å². The number of benzene rings is 1. The third kappa shape index (κ3) is 8.03. The van der Waals surface area contributed by atoms with Crippen LogP contribution in [-0.4, -0.2) is 99.9 Å². The predicted octanol–water partition coefficient (Wildman–Crippen LogP) is 2.27. The molecule has 2 aliphatic rings. The SMILES string of the molecule is CCNC(=NCc1ccc(CN2CCN(CC)CC2)cc1)N1CCC(COCCOC)C1. The zero-order valence-electron chi connectivity index (χ0n) is 20.4. The van der Waals surface area contributed by atoms with Gasteiger partial charge in [-0.2, -0.15) is 0 Å². The Morgan fingerprint density at radius 3 is 2.41 bits per heavy atom. The fourth-order valence-corrected chi connectivity index (χ4v) is 4.42. The van der Waals surface area contributed by atoms with Gasteiger partial charge in [-0.05, 0) is 31.0 Å². The lowest BCUT2D eigenvalue weighted by Crippen LogP contribution is -2.45. The lowest BCUT2D eigenvalue weighted by molar-refractivity contribution is 0.0536. The molecule has 0 bridgehead atoms. The molecule has 1 atom stereocenters. The number of likely N-dealkylation sites (tertiary alicyclic amines) is 1. The summed E-state index contributed by atoms with van der Waals surface area (Å²) in [6.07, 6.45) is 1.15. The number of piperazine rings is 1. The lowest BCUT2D eigenvalue weighted by atomic mass is 10.1. The summed E-state index contributed by atoms with van der Waals surface area (Å²) in [5.74, 6) is 1.58. The van der Waals surface area contributed by atoms with E-state index >= 15 is 0 Å². The zero-order valence-corrected chi connectivity index (χ0v) is 20.4. The normalized spacial score (nSPS) is 20.8. The van der Waals surface area contributed by atoms with Gasteiger partial charge in [0.05, 0.1) is 26.4 Å². The number of rotatable bonds is 11. The van der Waals surface area contributed by atoms with E-state index < -0.39 is 0 Å². The van der Waals surface area contributed by atoms with Crippen LogP contribution in [0.15, 0.2) is 29.3 Å². The van der Waals surface area contributed by atoms with Crippen LogP contribution >= 0.6 is 0 Å². The molecule has 7 heteroatoms. The Balaban J connectivity index is 1.46. The molecule has 2 saturated heterocycles. The van der Waals surface area contributed by atoms with Crippen LogP contribution in [0.25, 0.3) is 0 Å². The first kappa shape index (κ1) is 25.0. The number of methoxy groups -OCH3 is 1. The number of ether oxygens (including phenoxy) is 2. The number of likely N-dealkylation sites (N-methyl/N-ethyl adjacent to an activating group) is 1. The molecule has 0 spiro atoms. The maximum atomic E-state index is 5.73. The molecule has 3 rings (SSSR count). The third-order valence-electron chi connectivity index (χ3n) is 6.46. The third-order valence-corrected chi connectivity index (χ3v) is 6.46. The summed E-state index contributed by atoms with van der Waals surface area (Å²) in [4.78, 5) is 12.4. The van der Waals surface area contributed by atoms with Crippen LogP contribution in [0.3, 0.4) is 0 Å². The molecule has 180 valence electrons. The van der Waals surface area contributed by atoms with E-state index in [0.717, 1.165) is 51.7 Å². The second kappa shape index (κ2) is 13.8. The molecular weight excluding hydrogens is 402 g/mol. The van der Waals surface area contributed by atoms with Gasteiger partial charge in [0.15, 0.2) is 5.96 Å². The lowest BCUT2D eigenvalue weighted by Gasteiger charge is -2.34. The van der Waals surface area contributed by atoms with Gasteiger partial charge in [-0.15, -0.1) is 0 Å². The van der Waals surface area contributed by atoms with Crippen molar-refractivity contribution in [3.8, 4) is 0 Å². The minimum atomic E-state index is 0.564. The van der Waals surface area contributed by atoms with Crippen LogP contribution in [0.1, 0.15) is 31.4 Å². The highest BCUT2D eigenvalue weighted by Crippen LogP contribution is 2.17. The Morgan fingerprint density at radius 2 is 1.72 bits per heavy atom. The molecule has 7 nitrogen and oxygen atoms in total. The second-order valence-corrected chi connectivity index (χ2v) is 8.87. The highest BCUT2D eigenvalue weighted by atomic mass is 16.5. The van der Waals surface area contributed by atoms with Crippen molar-refractivity contribution in [2.75, 3.05) is 79.3 Å². The van der Waals surface area contributed by atoms with Crippen molar-refractivity contribution >= 4 is 5.96 Å². The highest BCUT2D eigenvalue weighted by molar-refractivity contribution is 5.80. The van der Waals surface area contributed by atoms with E-state index in [1.807, 2.05) is 0 Å². The Morgan fingerprint density at radius 1 is 1.00 bits per heavy atom. The van der Waals surface area contributed by atoms with Gasteiger partial charge in [0.2, 0.25) is 0 Å². The molecule has 0 aromatic heterocycles. The van der Waals surface area contributed by atoms with E-state index in [-0.39, 0.29) is 0 Å². The molecule has 0 saturated carbocycles. The van der Waals surface area contributed by atoms with E-state index in [2.05, 4.69) is 58.1 Å². The number of guanidine groups is 1. The van der Waals surface area contributed by atoms with Gasteiger partial charge < -0.3 is 24.6 Å². The molecule has 0 amide bonds. The number of aliphatic imine (C=N–C) groups is 1. The monoisotopic (exact) mass is 445 g/mol. The van der Waals surface area contributed by atoms with Crippen LogP contribution in [-0.2, 0) is 22.6 Å². The summed E-state index contributed by atoms with van der Waals surface area (Å²) < 4.78 is 10.8. The average Bonchev–Trinajstić information content (AvgIpc) is 3.30. The molecule has 0 aliphatic carbocycles. The molecular formula is C25H43N5O2. The Hall–Kier alpha value is -1.67. The maximum Gasteiger partial charge on any atom is 0.194 e. The summed E-state index contributed by atoms with van der Waals surface area (Å²) >= 11 is 0. The van der Waals surface area contributed by atoms with Crippen LogP contribution < -0.4 is 5.32 Å². The van der Waals surface area contributed by atoms with Crippen molar-refractivity contribution in [3.63, 3.8) is 0 Å². The summed E-state index contributed by atoms with van der Waals surface area (Å²) in [6.45, 7) is 17.1. The first-order valence-corrected chi connectivity index (χ1v) is 12.3. The van der Waals surface area contributed by atoms with E-state index in [9.17, 15) is 0 Å². The average molecular weight is 446 g/mol. The standard InChI is InChI=1S/C25H43N5O2/c1-4-26-25(30-11-10-24(20-30)21-32-17-16-31-3)27-18-22-6-8-23(9-7-22)19-29-14-12-28(5-2)13-15-29/h6-9,24H,4-5,10-21H2,1-3H3,(H,26,27). The quantitative estimate of drug-likeness (QED) is 0.320. The largest absolute Gasteiger partial charge is 0.382 e. The van der Waals surface area contributed by atoms with Gasteiger partial charge in [-0.25, -0.2) is 4.99 Å². The van der Waals surface area contributed by atoms with Crippen molar-refractivity contribution in [3.05, 3.63) is 35.4 Å². The van der Waals surface area contributed by atoms with E-state index in [4.69, 9.17) is 14.5 Å². The van der Waals surface area contributed by atoms with Crippen molar-refractivity contribution in [2.24, 2.45) is 10.9 Å². The molecule has 1 aromatic rings. The maximum absolute atomic E-state index is 5.73. The fourth-order valence-electron chi connectivity index (χ4n) is 4.42. The fraction of sp³-hybridized carbons (Fsp3) is 0.720. The van der Waals surface area contributed by atoms with Crippen molar-refractivity contribution < 1.29 is 9.47 Å². The first-order chi connectivity index (χ1) is 15.7. The molecule has 1 unspecified atom stereocenters. The molecule has 0 radical (unpaired) electrons. The Labute approximate surface area is 194 Å². The molecule has 2 fully saturated rings. The molecule has 32 heavy (non-hydrogen) atoms. The predicted molar refractivity (Wildman–Crippen MR) is 131 cm³/mol. The number of hydrogen-bond donors (Lipinski definition) is 1. The van der Waals surface area contributed by atoms with E-state index in [1.54, 1.807) is 7.11 Å². The van der Waals surface area contributed by atoms with E-state index in [0.29, 0.717) is 25.7 Å². The topological polar surface area (TPSA) is 52.6 Å². The van der Waals surface area contributed by atoms with Crippen LogP contribution in [0.4, 0.5) is 0 Å². The van der Waals surface area contributed by atoms with Crippen molar-refractivity contribution in [2.45, 2.75) is 33.4 Å². The van der Waals surface area contributed by atoms with Crippen molar-refractivity contribution in [1.82, 2.24) is 20.0 Å². The molecule has 2 heterocycles. The summed E-state index contributed by atoms with van der Waals surface area (Å²) in [6, 6.07) is 9.02. The van der Waals surface area contributed by atoms with Crippen LogP contribution in [0.5, 0.6) is 0 Å². The summed E-state index contributed by atoms with van der Waals surface area (Å²) in [5, 5.41) is 3.47. The van der Waals surface area contributed by atoms with Crippen molar-refractivity contribution in [1.29, 1.82) is 0 Å². The van der Waals surface area contributed by atoms with Gasteiger partial charge in [0.1, 0.15) is 0 Å². The van der Waals surface area contributed by atoms with Gasteiger partial charge in [-0.1, -0.05) is 31.2 Å². The minimum absolute atomic E-state index is 0.564. The smallest absolute Gasteiger partial charge is 0.194 e. The number of nitrogens with zero attached hydrogens (tertiary/aromatic N) is 4. The van der Waals surface area contributed by atoms with Crippen LogP contribution in [0, 0.1) is 5.92 Å². The first-order valence-electron chi connectivity index (χ1n) is 12.3. The second-order valence-electron chi connectivity index (χ2n) is 8.87. The molecule has 1 N–H and O–H groups in total. The van der Waals surface area contributed by atoms with Gasteiger partial charge in [-0.3, -0.25) is 4.90 Å². The zero-order chi connectivity index (χ0) is 22.6. The highest BCUT2D eigenvalue weighted by Gasteiger charge is 2.25. The summed E-state index contributed by atoms with van der Waals surface area (Å²) in [5.41, 5.74) is 2.66. The molecule has 2 aliphatic heterocycles. The van der Waals surface area contributed by atoms with Crippen LogP contribution in [0.2, 0.25) is 0 Å². The number of nitrogens with one attached hydrogen (secondary N) is 1. The summed E-state index contributed by atoms with van der Waals surface area (Å²) in [7, 11) is 1.71. The van der Waals surface area contributed by atoms with E-state index in [1.165, 1.54) is 37.3 Å². The van der Waals surface area contributed by atoms with Gasteiger partial charge >= 0.3 is 0 Å². The number of hydrogen-bond acceptors (Lipinski definition) is 5. The van der Waals surface area contributed by atoms with Gasteiger partial charge in [0, 0.05) is 65.4 Å². The Bertz CT molecular complexity index is 673. The molecule has 1 aromatic carbocycles.